The lowest BCUT2D eigenvalue weighted by Gasteiger charge is -2.39. The molecule has 2 atom stereocenters. The van der Waals surface area contributed by atoms with Crippen molar-refractivity contribution in [3.05, 3.63) is 30.6 Å². The van der Waals surface area contributed by atoms with Crippen LogP contribution in [0.2, 0.25) is 0 Å². The van der Waals surface area contributed by atoms with Crippen molar-refractivity contribution in [1.82, 2.24) is 29.4 Å². The highest BCUT2D eigenvalue weighted by molar-refractivity contribution is 7.89. The summed E-state index contributed by atoms with van der Waals surface area (Å²) in [5.41, 5.74) is 0.590. The molecule has 2 heterocycles. The van der Waals surface area contributed by atoms with Gasteiger partial charge in [0.15, 0.2) is 0 Å². The molecule has 1 aromatic heterocycles. The van der Waals surface area contributed by atoms with Crippen LogP contribution in [0, 0.1) is 0 Å². The fourth-order valence-corrected chi connectivity index (χ4v) is 4.56. The molecule has 1 fully saturated rings. The highest BCUT2D eigenvalue weighted by Crippen LogP contribution is 2.22. The summed E-state index contributed by atoms with van der Waals surface area (Å²) >= 11 is 0. The van der Waals surface area contributed by atoms with Gasteiger partial charge in [0, 0.05) is 32.2 Å². The van der Waals surface area contributed by atoms with Crippen LogP contribution in [0.1, 0.15) is 13.8 Å². The third kappa shape index (κ3) is 3.87. The molecule has 10 heteroatoms. The molecule has 25 heavy (non-hydrogen) atoms. The molecule has 0 radical (unpaired) electrons. The van der Waals surface area contributed by atoms with Crippen LogP contribution in [-0.4, -0.2) is 81.3 Å². The van der Waals surface area contributed by atoms with Crippen LogP contribution >= 0.6 is 0 Å². The molecule has 1 N–H and O–H groups in total. The van der Waals surface area contributed by atoms with E-state index in [-0.39, 0.29) is 10.9 Å². The van der Waals surface area contributed by atoms with Crippen LogP contribution in [0.25, 0.3) is 5.69 Å². The first-order valence-electron chi connectivity index (χ1n) is 8.13. The molecule has 0 bridgehead atoms. The van der Waals surface area contributed by atoms with Gasteiger partial charge >= 0.3 is 0 Å². The van der Waals surface area contributed by atoms with E-state index in [0.717, 1.165) is 0 Å². The van der Waals surface area contributed by atoms with Crippen LogP contribution in [0.15, 0.2) is 35.5 Å². The minimum atomic E-state index is -3.60. The smallest absolute Gasteiger partial charge is 0.243 e. The van der Waals surface area contributed by atoms with E-state index in [2.05, 4.69) is 20.4 Å². The maximum absolute atomic E-state index is 13.0. The van der Waals surface area contributed by atoms with Crippen molar-refractivity contribution < 1.29 is 13.5 Å². The van der Waals surface area contributed by atoms with Gasteiger partial charge in [-0.05, 0) is 42.5 Å². The molecular formula is C15H22N6O3S. The number of tetrazole rings is 1. The number of nitrogens with zero attached hydrogens (tertiary/aromatic N) is 6. The number of aromatic nitrogens is 4. The average molecular weight is 366 g/mol. The lowest BCUT2D eigenvalue weighted by atomic mass is 10.2. The molecule has 2 aromatic rings. The second kappa shape index (κ2) is 7.16. The molecule has 9 nitrogen and oxygen atoms in total. The average Bonchev–Trinajstić information content (AvgIpc) is 3.11. The summed E-state index contributed by atoms with van der Waals surface area (Å²) in [6.45, 7) is 5.64. The molecule has 1 aliphatic heterocycles. The van der Waals surface area contributed by atoms with E-state index in [1.165, 1.54) is 15.3 Å². The Labute approximate surface area is 146 Å². The zero-order chi connectivity index (χ0) is 18.0. The largest absolute Gasteiger partial charge is 0.392 e. The number of piperazine rings is 1. The molecule has 3 rings (SSSR count). The van der Waals surface area contributed by atoms with Crippen LogP contribution in [0.4, 0.5) is 0 Å². The van der Waals surface area contributed by atoms with Crippen molar-refractivity contribution in [2.45, 2.75) is 30.9 Å². The van der Waals surface area contributed by atoms with E-state index in [1.807, 2.05) is 6.92 Å². The molecule has 0 unspecified atom stereocenters. The van der Waals surface area contributed by atoms with Crippen molar-refractivity contribution in [1.29, 1.82) is 0 Å². The second-order valence-electron chi connectivity index (χ2n) is 6.31. The number of aliphatic hydroxyl groups excluding tert-OH is 1. The molecule has 0 aliphatic carbocycles. The van der Waals surface area contributed by atoms with Gasteiger partial charge in [0.05, 0.1) is 16.7 Å². The van der Waals surface area contributed by atoms with Crippen molar-refractivity contribution in [3.8, 4) is 5.69 Å². The Hall–Kier alpha value is -1.88. The summed E-state index contributed by atoms with van der Waals surface area (Å²) in [4.78, 5) is 2.32. The Morgan fingerprint density at radius 2 is 2.16 bits per heavy atom. The first kappa shape index (κ1) is 17.9. The molecule has 1 saturated heterocycles. The zero-order valence-corrected chi connectivity index (χ0v) is 15.0. The van der Waals surface area contributed by atoms with Gasteiger partial charge < -0.3 is 5.11 Å². The molecule has 1 aliphatic rings. The van der Waals surface area contributed by atoms with Crippen LogP contribution in [0.3, 0.4) is 0 Å². The lowest BCUT2D eigenvalue weighted by Crippen LogP contribution is -2.54. The van der Waals surface area contributed by atoms with Crippen LogP contribution in [-0.2, 0) is 10.0 Å². The van der Waals surface area contributed by atoms with Gasteiger partial charge in [0.2, 0.25) is 10.0 Å². The Bertz CT molecular complexity index is 808. The number of rotatable bonds is 5. The van der Waals surface area contributed by atoms with E-state index < -0.39 is 16.1 Å². The van der Waals surface area contributed by atoms with E-state index in [4.69, 9.17) is 0 Å². The molecule has 0 spiro atoms. The van der Waals surface area contributed by atoms with Gasteiger partial charge in [-0.2, -0.15) is 4.31 Å². The monoisotopic (exact) mass is 366 g/mol. The summed E-state index contributed by atoms with van der Waals surface area (Å²) in [6.07, 6.45) is 0.987. The summed E-state index contributed by atoms with van der Waals surface area (Å²) in [6, 6.07) is 6.62. The van der Waals surface area contributed by atoms with Gasteiger partial charge in [0.1, 0.15) is 6.33 Å². The highest BCUT2D eigenvalue weighted by Gasteiger charge is 2.32. The third-order valence-corrected chi connectivity index (χ3v) is 6.16. The van der Waals surface area contributed by atoms with Gasteiger partial charge in [-0.3, -0.25) is 4.90 Å². The van der Waals surface area contributed by atoms with Crippen molar-refractivity contribution in [3.63, 3.8) is 0 Å². The predicted molar refractivity (Wildman–Crippen MR) is 90.6 cm³/mol. The fraction of sp³-hybridized carbons (Fsp3) is 0.533. The van der Waals surface area contributed by atoms with Crippen molar-refractivity contribution in [2.24, 2.45) is 0 Å². The molecular weight excluding hydrogens is 344 g/mol. The van der Waals surface area contributed by atoms with E-state index >= 15 is 0 Å². The van der Waals surface area contributed by atoms with Gasteiger partial charge in [0.25, 0.3) is 0 Å². The normalized spacial score (nSPS) is 21.3. The second-order valence-corrected chi connectivity index (χ2v) is 8.25. The van der Waals surface area contributed by atoms with E-state index in [0.29, 0.717) is 31.9 Å². The van der Waals surface area contributed by atoms with E-state index in [1.54, 1.807) is 31.2 Å². The molecule has 0 saturated carbocycles. The summed E-state index contributed by atoms with van der Waals surface area (Å²) in [5, 5.41) is 20.5. The minimum absolute atomic E-state index is 0.0424. The Balaban J connectivity index is 1.80. The Kier molecular flexibility index (Phi) is 5.13. The number of benzene rings is 1. The van der Waals surface area contributed by atoms with Gasteiger partial charge in [-0.25, -0.2) is 13.1 Å². The first-order valence-corrected chi connectivity index (χ1v) is 9.57. The minimum Gasteiger partial charge on any atom is -0.392 e. The Morgan fingerprint density at radius 3 is 2.80 bits per heavy atom. The first-order chi connectivity index (χ1) is 11.9. The zero-order valence-electron chi connectivity index (χ0n) is 14.2. The lowest BCUT2D eigenvalue weighted by molar-refractivity contribution is 0.0699. The SMILES string of the molecule is C[C@@H](O)CN1CCN(S(=O)(=O)c2cccc(-n3cnnn3)c2)C[C@@H]1C. The maximum Gasteiger partial charge on any atom is 0.243 e. The topological polar surface area (TPSA) is 104 Å². The number of aliphatic hydroxyl groups is 1. The predicted octanol–water partition coefficient (Wildman–Crippen LogP) is -0.262. The molecule has 1 aromatic carbocycles. The number of hydrogen-bond acceptors (Lipinski definition) is 7. The Morgan fingerprint density at radius 1 is 1.36 bits per heavy atom. The third-order valence-electron chi connectivity index (χ3n) is 4.30. The molecule has 136 valence electrons. The van der Waals surface area contributed by atoms with Gasteiger partial charge in [-0.15, -0.1) is 5.10 Å². The molecule has 0 amide bonds. The highest BCUT2D eigenvalue weighted by atomic mass is 32.2. The number of sulfonamides is 1. The van der Waals surface area contributed by atoms with Crippen LogP contribution in [0.5, 0.6) is 0 Å². The number of hydrogen-bond donors (Lipinski definition) is 1. The quantitative estimate of drug-likeness (QED) is 0.777. The number of β-amino-alcohol motifs (C(OH)–C–C–N with tert-alkyl or cyclic N) is 1. The summed E-state index contributed by atoms with van der Waals surface area (Å²) < 4.78 is 28.9. The van der Waals surface area contributed by atoms with E-state index in [9.17, 15) is 13.5 Å². The van der Waals surface area contributed by atoms with Crippen LogP contribution < -0.4 is 0 Å². The summed E-state index contributed by atoms with van der Waals surface area (Å²) in [5.74, 6) is 0. The maximum atomic E-state index is 13.0. The van der Waals surface area contributed by atoms with Gasteiger partial charge in [-0.1, -0.05) is 6.07 Å². The standard InChI is InChI=1S/C15H22N6O3S/c1-12-9-20(7-6-19(12)10-13(2)22)25(23,24)15-5-3-4-14(8-15)21-11-16-17-18-21/h3-5,8,11-13,22H,6-7,9-10H2,1-2H3/t12-,13+/m0/s1. The summed E-state index contributed by atoms with van der Waals surface area (Å²) in [7, 11) is -3.60. The fourth-order valence-electron chi connectivity index (χ4n) is 3.01. The van der Waals surface area contributed by atoms with Crippen molar-refractivity contribution >= 4 is 10.0 Å². The van der Waals surface area contributed by atoms with Crippen molar-refractivity contribution in [2.75, 3.05) is 26.2 Å².